The highest BCUT2D eigenvalue weighted by Crippen LogP contribution is 2.36. The minimum atomic E-state index is -4.44. The van der Waals surface area contributed by atoms with Crippen LogP contribution in [0, 0.1) is 0 Å². The Kier molecular flexibility index (Phi) is 4.24. The summed E-state index contributed by atoms with van der Waals surface area (Å²) in [5.74, 6) is 5.45. The molecule has 20 heavy (non-hydrogen) atoms. The van der Waals surface area contributed by atoms with Gasteiger partial charge in [0.25, 0.3) is 0 Å². The van der Waals surface area contributed by atoms with Crippen molar-refractivity contribution in [2.45, 2.75) is 12.2 Å². The van der Waals surface area contributed by atoms with Gasteiger partial charge in [-0.05, 0) is 35.9 Å². The molecule has 5 N–H and O–H groups in total. The lowest BCUT2D eigenvalue weighted by molar-refractivity contribution is -0.137. The molecule has 2 aromatic rings. The summed E-state index contributed by atoms with van der Waals surface area (Å²) in [5, 5.41) is 0. The first kappa shape index (κ1) is 15.1. The summed E-state index contributed by atoms with van der Waals surface area (Å²) >= 11 is 7.05. The second kappa shape index (κ2) is 5.61. The van der Waals surface area contributed by atoms with E-state index >= 15 is 0 Å². The number of hydrazine groups is 1. The van der Waals surface area contributed by atoms with Gasteiger partial charge >= 0.3 is 6.18 Å². The predicted molar refractivity (Wildman–Crippen MR) is 74.4 cm³/mol. The number of anilines is 1. The Labute approximate surface area is 122 Å². The quantitative estimate of drug-likeness (QED) is 0.460. The first-order valence-electron chi connectivity index (χ1n) is 5.51. The number of nitrogens with two attached hydrogens (primary N) is 2. The smallest absolute Gasteiger partial charge is 0.398 e. The van der Waals surface area contributed by atoms with E-state index in [0.29, 0.717) is 9.21 Å². The normalized spacial score (nSPS) is 13.4. The number of halogens is 4. The summed E-state index contributed by atoms with van der Waals surface area (Å²) < 4.78 is 38.8. The number of thiophene rings is 1. The zero-order valence-corrected chi connectivity index (χ0v) is 11.6. The van der Waals surface area contributed by atoms with Crippen LogP contribution >= 0.6 is 22.9 Å². The molecule has 1 heterocycles. The zero-order valence-electron chi connectivity index (χ0n) is 10.0. The molecule has 0 radical (unpaired) electrons. The highest BCUT2D eigenvalue weighted by atomic mass is 35.5. The molecule has 1 atom stereocenters. The summed E-state index contributed by atoms with van der Waals surface area (Å²) in [4.78, 5) is 0.684. The molecule has 0 bridgehead atoms. The van der Waals surface area contributed by atoms with Crippen LogP contribution in [0.4, 0.5) is 18.9 Å². The van der Waals surface area contributed by atoms with E-state index in [2.05, 4.69) is 5.43 Å². The minimum absolute atomic E-state index is 0.227. The zero-order chi connectivity index (χ0) is 14.9. The van der Waals surface area contributed by atoms with Crippen LogP contribution < -0.4 is 17.0 Å². The van der Waals surface area contributed by atoms with E-state index < -0.39 is 17.8 Å². The number of nitrogen functional groups attached to an aromatic ring is 1. The van der Waals surface area contributed by atoms with Crippen LogP contribution in [0.2, 0.25) is 4.34 Å². The van der Waals surface area contributed by atoms with Crippen molar-refractivity contribution in [1.82, 2.24) is 5.43 Å². The van der Waals surface area contributed by atoms with E-state index in [-0.39, 0.29) is 11.3 Å². The van der Waals surface area contributed by atoms with Crippen LogP contribution in [-0.4, -0.2) is 0 Å². The molecule has 108 valence electrons. The van der Waals surface area contributed by atoms with Gasteiger partial charge in [0.15, 0.2) is 0 Å². The maximum absolute atomic E-state index is 12.8. The van der Waals surface area contributed by atoms with Gasteiger partial charge in [0.2, 0.25) is 0 Å². The molecular formula is C12H11ClF3N3S. The monoisotopic (exact) mass is 321 g/mol. The lowest BCUT2D eigenvalue weighted by atomic mass is 10.0. The van der Waals surface area contributed by atoms with E-state index in [4.69, 9.17) is 23.2 Å². The fraction of sp³-hybridized carbons (Fsp3) is 0.167. The predicted octanol–water partition coefficient (Wildman–Crippen LogP) is 3.56. The maximum Gasteiger partial charge on any atom is 0.416 e. The molecule has 3 nitrogen and oxygen atoms in total. The van der Waals surface area contributed by atoms with E-state index in [9.17, 15) is 13.2 Å². The van der Waals surface area contributed by atoms with Crippen LogP contribution in [0.1, 0.15) is 22.0 Å². The highest BCUT2D eigenvalue weighted by molar-refractivity contribution is 7.16. The molecule has 2 rings (SSSR count). The molecule has 0 saturated heterocycles. The molecule has 1 aromatic heterocycles. The Hall–Kier alpha value is -1.28. The summed E-state index contributed by atoms with van der Waals surface area (Å²) in [6, 6.07) is 5.85. The van der Waals surface area contributed by atoms with Gasteiger partial charge in [-0.25, -0.2) is 5.43 Å². The van der Waals surface area contributed by atoms with Crippen molar-refractivity contribution >= 4 is 28.6 Å². The number of alkyl halides is 3. The summed E-state index contributed by atoms with van der Waals surface area (Å²) in [6.45, 7) is 0. The lowest BCUT2D eigenvalue weighted by Crippen LogP contribution is -2.29. The average molecular weight is 322 g/mol. The van der Waals surface area contributed by atoms with E-state index in [1.807, 2.05) is 0 Å². The van der Waals surface area contributed by atoms with Gasteiger partial charge in [-0.1, -0.05) is 11.6 Å². The third-order valence-electron chi connectivity index (χ3n) is 2.77. The van der Waals surface area contributed by atoms with E-state index in [1.54, 1.807) is 12.1 Å². The van der Waals surface area contributed by atoms with Gasteiger partial charge < -0.3 is 5.73 Å². The Morgan fingerprint density at radius 2 is 1.90 bits per heavy atom. The topological polar surface area (TPSA) is 64.1 Å². The summed E-state index contributed by atoms with van der Waals surface area (Å²) in [5.41, 5.74) is 7.95. The number of benzene rings is 1. The summed E-state index contributed by atoms with van der Waals surface area (Å²) in [6.07, 6.45) is -4.44. The molecule has 0 saturated carbocycles. The highest BCUT2D eigenvalue weighted by Gasteiger charge is 2.32. The molecule has 1 unspecified atom stereocenters. The molecule has 0 fully saturated rings. The van der Waals surface area contributed by atoms with E-state index in [0.717, 1.165) is 12.1 Å². The molecule has 0 spiro atoms. The number of nitrogens with one attached hydrogen (secondary N) is 1. The van der Waals surface area contributed by atoms with Crippen LogP contribution in [0.25, 0.3) is 0 Å². The average Bonchev–Trinajstić information content (AvgIpc) is 2.77. The van der Waals surface area contributed by atoms with Crippen molar-refractivity contribution in [3.8, 4) is 0 Å². The van der Waals surface area contributed by atoms with Crippen molar-refractivity contribution in [3.05, 3.63) is 50.7 Å². The molecular weight excluding hydrogens is 311 g/mol. The largest absolute Gasteiger partial charge is 0.416 e. The summed E-state index contributed by atoms with van der Waals surface area (Å²) in [7, 11) is 0. The third kappa shape index (κ3) is 3.06. The molecule has 0 aliphatic heterocycles. The Morgan fingerprint density at radius 3 is 2.40 bits per heavy atom. The van der Waals surface area contributed by atoms with Gasteiger partial charge in [0.05, 0.1) is 15.9 Å². The standard InChI is InChI=1S/C12H11ClF3N3S/c13-10-4-3-9(20-10)11(19-18)7-5-6(12(14,15)16)1-2-8(7)17/h1-5,11,19H,17-18H2. The van der Waals surface area contributed by atoms with Gasteiger partial charge in [-0.3, -0.25) is 5.84 Å². The first-order chi connectivity index (χ1) is 9.32. The van der Waals surface area contributed by atoms with Crippen LogP contribution in [0.5, 0.6) is 0 Å². The van der Waals surface area contributed by atoms with Crippen molar-refractivity contribution < 1.29 is 13.2 Å². The van der Waals surface area contributed by atoms with Crippen LogP contribution in [-0.2, 0) is 6.18 Å². The first-order valence-corrected chi connectivity index (χ1v) is 6.70. The number of hydrogen-bond acceptors (Lipinski definition) is 4. The minimum Gasteiger partial charge on any atom is -0.398 e. The third-order valence-corrected chi connectivity index (χ3v) is 4.07. The number of rotatable bonds is 3. The van der Waals surface area contributed by atoms with Crippen molar-refractivity contribution in [2.75, 3.05) is 5.73 Å². The van der Waals surface area contributed by atoms with E-state index in [1.165, 1.54) is 17.4 Å². The van der Waals surface area contributed by atoms with Crippen LogP contribution in [0.15, 0.2) is 30.3 Å². The maximum atomic E-state index is 12.8. The van der Waals surface area contributed by atoms with Crippen molar-refractivity contribution in [1.29, 1.82) is 0 Å². The van der Waals surface area contributed by atoms with Gasteiger partial charge in [0, 0.05) is 10.6 Å². The molecule has 0 aliphatic carbocycles. The number of hydrogen-bond donors (Lipinski definition) is 3. The molecule has 0 amide bonds. The Balaban J connectivity index is 2.49. The Bertz CT molecular complexity index is 612. The van der Waals surface area contributed by atoms with Gasteiger partial charge in [0.1, 0.15) is 0 Å². The second-order valence-electron chi connectivity index (χ2n) is 4.08. The second-order valence-corrected chi connectivity index (χ2v) is 5.83. The van der Waals surface area contributed by atoms with Crippen molar-refractivity contribution in [2.24, 2.45) is 5.84 Å². The van der Waals surface area contributed by atoms with Crippen LogP contribution in [0.3, 0.4) is 0 Å². The fourth-order valence-electron chi connectivity index (χ4n) is 1.81. The lowest BCUT2D eigenvalue weighted by Gasteiger charge is -2.18. The molecule has 8 heteroatoms. The van der Waals surface area contributed by atoms with Gasteiger partial charge in [-0.15, -0.1) is 11.3 Å². The van der Waals surface area contributed by atoms with Crippen molar-refractivity contribution in [3.63, 3.8) is 0 Å². The molecule has 0 aliphatic rings. The SMILES string of the molecule is NNC(c1ccc(Cl)s1)c1cc(C(F)(F)F)ccc1N. The molecule has 1 aromatic carbocycles. The van der Waals surface area contributed by atoms with Gasteiger partial charge in [-0.2, -0.15) is 13.2 Å². The fourth-order valence-corrected chi connectivity index (χ4v) is 2.95. The Morgan fingerprint density at radius 1 is 1.20 bits per heavy atom.